The molecular formula is C21H21NO2. The molecule has 0 amide bonds. The number of methoxy groups -OCH3 is 1. The van der Waals surface area contributed by atoms with Crippen LogP contribution in [0.2, 0.25) is 0 Å². The molecule has 3 nitrogen and oxygen atoms in total. The van der Waals surface area contributed by atoms with Gasteiger partial charge in [0.2, 0.25) is 0 Å². The van der Waals surface area contributed by atoms with Crippen molar-refractivity contribution in [2.45, 2.75) is 20.8 Å². The first-order chi connectivity index (χ1) is 11.7. The summed E-state index contributed by atoms with van der Waals surface area (Å²) in [5, 5.41) is 0. The molecule has 0 saturated carbocycles. The Kier molecular flexibility index (Phi) is 4.52. The summed E-state index contributed by atoms with van der Waals surface area (Å²) in [6, 6.07) is 14.1. The van der Waals surface area contributed by atoms with Gasteiger partial charge in [0, 0.05) is 0 Å². The fourth-order valence-electron chi connectivity index (χ4n) is 2.66. The summed E-state index contributed by atoms with van der Waals surface area (Å²) < 4.78 is 11.3. The van der Waals surface area contributed by atoms with Crippen LogP contribution in [-0.2, 0) is 0 Å². The van der Waals surface area contributed by atoms with Gasteiger partial charge in [0.05, 0.1) is 18.4 Å². The number of hydrogen-bond donors (Lipinski definition) is 0. The quantitative estimate of drug-likeness (QED) is 0.783. The van der Waals surface area contributed by atoms with Gasteiger partial charge in [0.25, 0.3) is 0 Å². The van der Waals surface area contributed by atoms with Crippen molar-refractivity contribution < 1.29 is 9.47 Å². The number of ether oxygens (including phenoxy) is 2. The maximum absolute atomic E-state index is 5.92. The van der Waals surface area contributed by atoms with Crippen molar-refractivity contribution in [1.82, 2.24) is 0 Å². The lowest BCUT2D eigenvalue weighted by molar-refractivity contribution is 0.413. The zero-order valence-electron chi connectivity index (χ0n) is 14.5. The molecule has 122 valence electrons. The molecule has 1 heterocycles. The molecule has 3 rings (SSSR count). The minimum absolute atomic E-state index is 0.768. The fourth-order valence-corrected chi connectivity index (χ4v) is 2.66. The van der Waals surface area contributed by atoms with E-state index in [1.54, 1.807) is 7.11 Å². The molecule has 0 saturated heterocycles. The average Bonchev–Trinajstić information content (AvgIpc) is 2.97. The van der Waals surface area contributed by atoms with E-state index in [1.165, 1.54) is 5.56 Å². The van der Waals surface area contributed by atoms with Gasteiger partial charge >= 0.3 is 0 Å². The molecule has 3 heteroatoms. The van der Waals surface area contributed by atoms with Gasteiger partial charge < -0.3 is 9.47 Å². The van der Waals surface area contributed by atoms with Crippen molar-refractivity contribution >= 4 is 11.4 Å². The van der Waals surface area contributed by atoms with Crippen LogP contribution in [0.1, 0.15) is 30.5 Å². The van der Waals surface area contributed by atoms with Gasteiger partial charge in [0.1, 0.15) is 23.0 Å². The standard InChI is InChI=1S/C21H21NO2/c1-5-18(15-9-7-14(3)8-10-15)22-21-17-13-16(23-4)11-12-20(17)24-19(21)6-2/h5-13H,1-4H3/b18-5-,19-6-,22-21+. The predicted octanol–water partition coefficient (Wildman–Crippen LogP) is 5.15. The van der Waals surface area contributed by atoms with Crippen molar-refractivity contribution in [1.29, 1.82) is 0 Å². The van der Waals surface area contributed by atoms with Crippen LogP contribution in [0.3, 0.4) is 0 Å². The van der Waals surface area contributed by atoms with E-state index in [9.17, 15) is 0 Å². The third kappa shape index (κ3) is 2.98. The maximum Gasteiger partial charge on any atom is 0.149 e. The highest BCUT2D eigenvalue weighted by Gasteiger charge is 2.25. The van der Waals surface area contributed by atoms with E-state index in [4.69, 9.17) is 14.5 Å². The minimum atomic E-state index is 0.768. The molecule has 0 N–H and O–H groups in total. The van der Waals surface area contributed by atoms with Gasteiger partial charge in [-0.05, 0) is 50.6 Å². The number of allylic oxidation sites excluding steroid dienone is 3. The van der Waals surface area contributed by atoms with Gasteiger partial charge in [-0.3, -0.25) is 0 Å². The van der Waals surface area contributed by atoms with Crippen LogP contribution < -0.4 is 9.47 Å². The van der Waals surface area contributed by atoms with E-state index in [1.807, 2.05) is 44.2 Å². The first kappa shape index (κ1) is 16.1. The molecule has 0 unspecified atom stereocenters. The zero-order chi connectivity index (χ0) is 17.1. The highest BCUT2D eigenvalue weighted by Crippen LogP contribution is 2.35. The number of aryl methyl sites for hydroxylation is 1. The molecule has 0 bridgehead atoms. The third-order valence-electron chi connectivity index (χ3n) is 4.01. The molecule has 0 fully saturated rings. The highest BCUT2D eigenvalue weighted by atomic mass is 16.5. The van der Waals surface area contributed by atoms with Crippen molar-refractivity contribution in [3.8, 4) is 11.5 Å². The van der Waals surface area contributed by atoms with Gasteiger partial charge in [-0.1, -0.05) is 35.9 Å². The molecule has 0 spiro atoms. The number of hydrogen-bond acceptors (Lipinski definition) is 3. The van der Waals surface area contributed by atoms with E-state index in [-0.39, 0.29) is 0 Å². The smallest absolute Gasteiger partial charge is 0.149 e. The van der Waals surface area contributed by atoms with Crippen molar-refractivity contribution in [3.05, 3.63) is 77.1 Å². The summed E-state index contributed by atoms with van der Waals surface area (Å²) in [6.07, 6.45) is 3.96. The highest BCUT2D eigenvalue weighted by molar-refractivity contribution is 6.17. The number of rotatable bonds is 3. The Hall–Kier alpha value is -2.81. The summed E-state index contributed by atoms with van der Waals surface area (Å²) in [5.74, 6) is 2.37. The summed E-state index contributed by atoms with van der Waals surface area (Å²) in [5.41, 5.74) is 5.02. The molecule has 24 heavy (non-hydrogen) atoms. The first-order valence-corrected chi connectivity index (χ1v) is 8.01. The molecule has 0 aliphatic carbocycles. The van der Waals surface area contributed by atoms with Gasteiger partial charge in [-0.15, -0.1) is 0 Å². The Bertz CT molecular complexity index is 843. The lowest BCUT2D eigenvalue weighted by atomic mass is 10.1. The van der Waals surface area contributed by atoms with Crippen molar-refractivity contribution in [3.63, 3.8) is 0 Å². The molecule has 1 aliphatic rings. The van der Waals surface area contributed by atoms with Crippen LogP contribution in [0, 0.1) is 6.92 Å². The Balaban J connectivity index is 2.09. The van der Waals surface area contributed by atoms with E-state index >= 15 is 0 Å². The number of nitrogens with zero attached hydrogens (tertiary/aromatic N) is 1. The van der Waals surface area contributed by atoms with E-state index in [0.717, 1.165) is 39.8 Å². The second-order valence-corrected chi connectivity index (χ2v) is 5.62. The minimum Gasteiger partial charge on any atom is -0.497 e. The summed E-state index contributed by atoms with van der Waals surface area (Å²) in [7, 11) is 1.66. The van der Waals surface area contributed by atoms with E-state index in [0.29, 0.717) is 0 Å². The summed E-state index contributed by atoms with van der Waals surface area (Å²) >= 11 is 0. The van der Waals surface area contributed by atoms with Crippen LogP contribution in [0.25, 0.3) is 5.70 Å². The Labute approximate surface area is 143 Å². The second kappa shape index (κ2) is 6.75. The molecular weight excluding hydrogens is 298 g/mol. The second-order valence-electron chi connectivity index (χ2n) is 5.62. The van der Waals surface area contributed by atoms with Crippen LogP contribution in [-0.4, -0.2) is 12.8 Å². The van der Waals surface area contributed by atoms with E-state index in [2.05, 4.69) is 31.2 Å². The molecule has 0 radical (unpaired) electrons. The molecule has 1 aliphatic heterocycles. The first-order valence-electron chi connectivity index (χ1n) is 8.01. The SMILES string of the molecule is C\C=C1/Oc2ccc(OC)cc2/C1=N\C(=C/C)c1ccc(C)cc1. The van der Waals surface area contributed by atoms with Crippen LogP contribution in [0.5, 0.6) is 11.5 Å². The lowest BCUT2D eigenvalue weighted by Gasteiger charge is -2.06. The lowest BCUT2D eigenvalue weighted by Crippen LogP contribution is -2.01. The Morgan fingerprint density at radius 1 is 1.08 bits per heavy atom. The normalized spacial score (nSPS) is 17.1. The number of benzene rings is 2. The van der Waals surface area contributed by atoms with E-state index < -0.39 is 0 Å². The topological polar surface area (TPSA) is 30.8 Å². The Morgan fingerprint density at radius 3 is 2.46 bits per heavy atom. The molecule has 2 aromatic rings. The molecule has 2 aromatic carbocycles. The Morgan fingerprint density at radius 2 is 1.83 bits per heavy atom. The van der Waals surface area contributed by atoms with Gasteiger partial charge in [0.15, 0.2) is 0 Å². The van der Waals surface area contributed by atoms with Crippen LogP contribution >= 0.6 is 0 Å². The van der Waals surface area contributed by atoms with Crippen LogP contribution in [0.4, 0.5) is 0 Å². The number of aliphatic imine (C=N–C) groups is 1. The third-order valence-corrected chi connectivity index (χ3v) is 4.01. The van der Waals surface area contributed by atoms with Crippen LogP contribution in [0.15, 0.2) is 65.4 Å². The molecule has 0 aromatic heterocycles. The predicted molar refractivity (Wildman–Crippen MR) is 98.7 cm³/mol. The molecule has 0 atom stereocenters. The summed E-state index contributed by atoms with van der Waals surface area (Å²) in [4.78, 5) is 4.89. The largest absolute Gasteiger partial charge is 0.497 e. The van der Waals surface area contributed by atoms with Crippen molar-refractivity contribution in [2.75, 3.05) is 7.11 Å². The average molecular weight is 319 g/mol. The fraction of sp³-hybridized carbons (Fsp3) is 0.190. The van der Waals surface area contributed by atoms with Gasteiger partial charge in [-0.25, -0.2) is 4.99 Å². The van der Waals surface area contributed by atoms with Crippen molar-refractivity contribution in [2.24, 2.45) is 4.99 Å². The van der Waals surface area contributed by atoms with Gasteiger partial charge in [-0.2, -0.15) is 0 Å². The number of fused-ring (bicyclic) bond motifs is 1. The zero-order valence-corrected chi connectivity index (χ0v) is 14.5. The summed E-state index contributed by atoms with van der Waals surface area (Å²) in [6.45, 7) is 6.03. The monoisotopic (exact) mass is 319 g/mol. The maximum atomic E-state index is 5.92.